The van der Waals surface area contributed by atoms with Gasteiger partial charge in [-0.25, -0.2) is 0 Å². The molecule has 1 aliphatic rings. The average molecular weight is 307 g/mol. The minimum Gasteiger partial charge on any atom is -0.373 e. The molecular formula is C16H29N5O. The summed E-state index contributed by atoms with van der Waals surface area (Å²) in [6.07, 6.45) is 1.13. The van der Waals surface area contributed by atoms with Crippen molar-refractivity contribution < 1.29 is 4.74 Å². The van der Waals surface area contributed by atoms with Gasteiger partial charge < -0.3 is 15.8 Å². The summed E-state index contributed by atoms with van der Waals surface area (Å²) in [4.78, 5) is 4.35. The smallest absolute Gasteiger partial charge is 0.188 e. The van der Waals surface area contributed by atoms with E-state index in [-0.39, 0.29) is 6.10 Å². The van der Waals surface area contributed by atoms with E-state index < -0.39 is 0 Å². The lowest BCUT2D eigenvalue weighted by Crippen LogP contribution is -2.36. The van der Waals surface area contributed by atoms with Gasteiger partial charge in [0.2, 0.25) is 0 Å². The van der Waals surface area contributed by atoms with Crippen LogP contribution in [0, 0.1) is 25.7 Å². The number of aliphatic imine (C=N–C) groups is 1. The first-order valence-electron chi connectivity index (χ1n) is 8.05. The molecule has 2 heterocycles. The Bertz CT molecular complexity index is 535. The van der Waals surface area contributed by atoms with Crippen molar-refractivity contribution in [1.82, 2.24) is 15.1 Å². The number of nitrogens with two attached hydrogens (primary N) is 1. The molecule has 0 unspecified atom stereocenters. The third kappa shape index (κ3) is 3.80. The van der Waals surface area contributed by atoms with Crippen LogP contribution >= 0.6 is 0 Å². The molecule has 124 valence electrons. The highest BCUT2D eigenvalue weighted by molar-refractivity contribution is 5.77. The van der Waals surface area contributed by atoms with E-state index in [4.69, 9.17) is 10.5 Å². The number of nitrogens with one attached hydrogen (secondary N) is 1. The molecule has 1 aromatic heterocycles. The standard InChI is InChI=1S/C16H29N5O/c1-10(2)8-18-16(17)19-9-13-6-7-22-15(13)14-11(3)20-21(5)12(14)4/h10,13,15H,6-9H2,1-5H3,(H3,17,18,19)/t13-,15+/m0/s1. The number of guanidine groups is 1. The van der Waals surface area contributed by atoms with Crippen molar-refractivity contribution in [2.75, 3.05) is 19.7 Å². The molecule has 0 radical (unpaired) electrons. The lowest BCUT2D eigenvalue weighted by Gasteiger charge is -2.20. The van der Waals surface area contributed by atoms with Crippen molar-refractivity contribution in [2.45, 2.75) is 40.2 Å². The number of nitrogens with zero attached hydrogens (tertiary/aromatic N) is 3. The number of aryl methyl sites for hydroxylation is 2. The molecule has 0 saturated carbocycles. The summed E-state index contributed by atoms with van der Waals surface area (Å²) in [5.74, 6) is 1.44. The van der Waals surface area contributed by atoms with Crippen LogP contribution in [0.2, 0.25) is 0 Å². The Morgan fingerprint density at radius 2 is 2.23 bits per heavy atom. The summed E-state index contributed by atoms with van der Waals surface area (Å²) in [5, 5.41) is 7.75. The molecule has 1 aliphatic heterocycles. The number of aromatic nitrogens is 2. The zero-order valence-electron chi connectivity index (χ0n) is 14.4. The molecule has 0 aliphatic carbocycles. The largest absolute Gasteiger partial charge is 0.373 e. The Hall–Kier alpha value is -1.56. The maximum absolute atomic E-state index is 5.98. The fourth-order valence-electron chi connectivity index (χ4n) is 2.94. The van der Waals surface area contributed by atoms with Crippen LogP contribution in [0.3, 0.4) is 0 Å². The predicted molar refractivity (Wildman–Crippen MR) is 88.8 cm³/mol. The number of hydrogen-bond acceptors (Lipinski definition) is 3. The average Bonchev–Trinajstić information content (AvgIpc) is 2.99. The van der Waals surface area contributed by atoms with Crippen LogP contribution in [0.4, 0.5) is 0 Å². The van der Waals surface area contributed by atoms with E-state index in [2.05, 4.69) is 36.2 Å². The van der Waals surface area contributed by atoms with Crippen LogP contribution in [0.1, 0.15) is 43.3 Å². The Morgan fingerprint density at radius 1 is 1.50 bits per heavy atom. The monoisotopic (exact) mass is 307 g/mol. The van der Waals surface area contributed by atoms with Gasteiger partial charge in [0.25, 0.3) is 0 Å². The minimum absolute atomic E-state index is 0.0964. The van der Waals surface area contributed by atoms with E-state index in [1.807, 2.05) is 18.7 Å². The van der Waals surface area contributed by atoms with Gasteiger partial charge >= 0.3 is 0 Å². The van der Waals surface area contributed by atoms with Gasteiger partial charge in [-0.05, 0) is 26.2 Å². The summed E-state index contributed by atoms with van der Waals surface area (Å²) in [5.41, 5.74) is 9.39. The van der Waals surface area contributed by atoms with E-state index >= 15 is 0 Å². The maximum atomic E-state index is 5.98. The topological polar surface area (TPSA) is 77.5 Å². The first kappa shape index (κ1) is 16.8. The molecule has 6 heteroatoms. The van der Waals surface area contributed by atoms with Crippen molar-refractivity contribution in [1.29, 1.82) is 0 Å². The summed E-state index contributed by atoms with van der Waals surface area (Å²) < 4.78 is 7.91. The number of ether oxygens (including phenoxy) is 1. The van der Waals surface area contributed by atoms with Gasteiger partial charge in [-0.2, -0.15) is 5.10 Å². The first-order chi connectivity index (χ1) is 10.4. The highest BCUT2D eigenvalue weighted by atomic mass is 16.5. The van der Waals surface area contributed by atoms with Crippen molar-refractivity contribution >= 4 is 5.96 Å². The molecule has 0 bridgehead atoms. The van der Waals surface area contributed by atoms with Gasteiger partial charge in [0.1, 0.15) is 0 Å². The fourth-order valence-corrected chi connectivity index (χ4v) is 2.94. The quantitative estimate of drug-likeness (QED) is 0.641. The van der Waals surface area contributed by atoms with Crippen LogP contribution in [0.5, 0.6) is 0 Å². The molecule has 22 heavy (non-hydrogen) atoms. The molecule has 1 saturated heterocycles. The lowest BCUT2D eigenvalue weighted by molar-refractivity contribution is 0.0904. The Kier molecular flexibility index (Phi) is 5.45. The van der Waals surface area contributed by atoms with E-state index in [0.717, 1.165) is 31.8 Å². The second kappa shape index (κ2) is 7.13. The predicted octanol–water partition coefficient (Wildman–Crippen LogP) is 1.67. The molecule has 2 rings (SSSR count). The SMILES string of the molecule is Cc1nn(C)c(C)c1[C@@H]1OCC[C@H]1CNC(N)=NCC(C)C. The molecule has 3 N–H and O–H groups in total. The van der Waals surface area contributed by atoms with Gasteiger partial charge in [0.15, 0.2) is 5.96 Å². The van der Waals surface area contributed by atoms with Gasteiger partial charge in [-0.1, -0.05) is 13.8 Å². The molecule has 0 spiro atoms. The Morgan fingerprint density at radius 3 is 2.82 bits per heavy atom. The molecule has 0 aromatic carbocycles. The van der Waals surface area contributed by atoms with Crippen molar-refractivity contribution in [3.63, 3.8) is 0 Å². The highest BCUT2D eigenvalue weighted by Crippen LogP contribution is 2.37. The minimum atomic E-state index is 0.0964. The molecule has 1 aromatic rings. The van der Waals surface area contributed by atoms with Crippen LogP contribution in [0.15, 0.2) is 4.99 Å². The third-order valence-corrected chi connectivity index (χ3v) is 4.24. The second-order valence-corrected chi connectivity index (χ2v) is 6.55. The fraction of sp³-hybridized carbons (Fsp3) is 0.750. The summed E-state index contributed by atoms with van der Waals surface area (Å²) in [6.45, 7) is 10.7. The Labute approximate surface area is 133 Å². The zero-order chi connectivity index (χ0) is 16.3. The summed E-state index contributed by atoms with van der Waals surface area (Å²) in [6, 6.07) is 0. The number of rotatable bonds is 5. The van der Waals surface area contributed by atoms with Crippen LogP contribution in [-0.2, 0) is 11.8 Å². The highest BCUT2D eigenvalue weighted by Gasteiger charge is 2.33. The van der Waals surface area contributed by atoms with Crippen LogP contribution in [-0.4, -0.2) is 35.4 Å². The van der Waals surface area contributed by atoms with Gasteiger partial charge in [0, 0.05) is 43.9 Å². The normalized spacial score (nSPS) is 22.5. The summed E-state index contributed by atoms with van der Waals surface area (Å²) >= 11 is 0. The first-order valence-corrected chi connectivity index (χ1v) is 8.05. The molecule has 2 atom stereocenters. The Balaban J connectivity index is 2.01. The van der Waals surface area contributed by atoms with Gasteiger partial charge in [0.05, 0.1) is 11.8 Å². The van der Waals surface area contributed by atoms with E-state index in [1.165, 1.54) is 11.3 Å². The second-order valence-electron chi connectivity index (χ2n) is 6.55. The zero-order valence-corrected chi connectivity index (χ0v) is 14.4. The lowest BCUT2D eigenvalue weighted by atomic mass is 9.94. The van der Waals surface area contributed by atoms with Crippen molar-refractivity contribution in [2.24, 2.45) is 29.6 Å². The van der Waals surface area contributed by atoms with Crippen LogP contribution in [0.25, 0.3) is 0 Å². The molecular weight excluding hydrogens is 278 g/mol. The van der Waals surface area contributed by atoms with E-state index in [9.17, 15) is 0 Å². The number of hydrogen-bond donors (Lipinski definition) is 2. The maximum Gasteiger partial charge on any atom is 0.188 e. The third-order valence-electron chi connectivity index (χ3n) is 4.24. The summed E-state index contributed by atoms with van der Waals surface area (Å²) in [7, 11) is 1.98. The van der Waals surface area contributed by atoms with Gasteiger partial charge in [-0.3, -0.25) is 9.67 Å². The van der Waals surface area contributed by atoms with E-state index in [0.29, 0.717) is 17.8 Å². The molecule has 1 fully saturated rings. The van der Waals surface area contributed by atoms with Crippen molar-refractivity contribution in [3.8, 4) is 0 Å². The van der Waals surface area contributed by atoms with E-state index in [1.54, 1.807) is 0 Å². The van der Waals surface area contributed by atoms with Gasteiger partial charge in [-0.15, -0.1) is 0 Å². The molecule has 0 amide bonds. The van der Waals surface area contributed by atoms with Crippen molar-refractivity contribution in [3.05, 3.63) is 17.0 Å². The molecule has 6 nitrogen and oxygen atoms in total. The van der Waals surface area contributed by atoms with Crippen LogP contribution < -0.4 is 11.1 Å².